The first-order valence-corrected chi connectivity index (χ1v) is 3.17. The van der Waals surface area contributed by atoms with Gasteiger partial charge in [-0.3, -0.25) is 4.79 Å². The summed E-state index contributed by atoms with van der Waals surface area (Å²) in [6.07, 6.45) is 0. The number of hydrogen-bond acceptors (Lipinski definition) is 3. The van der Waals surface area contributed by atoms with Gasteiger partial charge < -0.3 is 15.0 Å². The smallest absolute Gasteiger partial charge is 0.423 e. The number of pyridine rings is 1. The van der Waals surface area contributed by atoms with E-state index in [0.29, 0.717) is 5.69 Å². The third-order valence-corrected chi connectivity index (χ3v) is 1.36. The van der Waals surface area contributed by atoms with E-state index in [2.05, 4.69) is 4.98 Å². The highest BCUT2D eigenvalue weighted by molar-refractivity contribution is 6.58. The van der Waals surface area contributed by atoms with E-state index in [0.717, 1.165) is 0 Å². The van der Waals surface area contributed by atoms with Crippen molar-refractivity contribution < 1.29 is 10.0 Å². The van der Waals surface area contributed by atoms with Gasteiger partial charge >= 0.3 is 7.12 Å². The van der Waals surface area contributed by atoms with Gasteiger partial charge in [0.05, 0.1) is 0 Å². The molecule has 3 N–H and O–H groups in total. The monoisotopic (exact) mass is 153 g/mol. The summed E-state index contributed by atoms with van der Waals surface area (Å²) in [7, 11) is -1.70. The second kappa shape index (κ2) is 2.90. The average Bonchev–Trinajstić information content (AvgIpc) is 1.85. The van der Waals surface area contributed by atoms with Crippen LogP contribution in [0.25, 0.3) is 0 Å². The van der Waals surface area contributed by atoms with E-state index in [1.54, 1.807) is 13.0 Å². The predicted molar refractivity (Wildman–Crippen MR) is 41.6 cm³/mol. The Morgan fingerprint density at radius 1 is 1.45 bits per heavy atom. The molecule has 0 fully saturated rings. The van der Waals surface area contributed by atoms with Gasteiger partial charge in [0.2, 0.25) is 5.56 Å². The minimum Gasteiger partial charge on any atom is -0.423 e. The normalized spacial score (nSPS) is 9.73. The Bertz CT molecular complexity index is 307. The van der Waals surface area contributed by atoms with Gasteiger partial charge in [0.1, 0.15) is 0 Å². The van der Waals surface area contributed by atoms with Crippen LogP contribution in [0.15, 0.2) is 16.9 Å². The molecular formula is C6H8BNO3. The summed E-state index contributed by atoms with van der Waals surface area (Å²) < 4.78 is 0. The maximum Gasteiger partial charge on any atom is 0.494 e. The molecule has 4 nitrogen and oxygen atoms in total. The highest BCUT2D eigenvalue weighted by Crippen LogP contribution is 1.82. The minimum absolute atomic E-state index is 0.0319. The van der Waals surface area contributed by atoms with E-state index < -0.39 is 12.7 Å². The lowest BCUT2D eigenvalue weighted by atomic mass is 9.81. The van der Waals surface area contributed by atoms with Crippen molar-refractivity contribution in [2.24, 2.45) is 0 Å². The molecule has 1 aromatic rings. The second-order valence-electron chi connectivity index (χ2n) is 2.30. The van der Waals surface area contributed by atoms with Crippen molar-refractivity contribution in [1.29, 1.82) is 0 Å². The van der Waals surface area contributed by atoms with Gasteiger partial charge in [0, 0.05) is 11.2 Å². The Morgan fingerprint density at radius 3 is 2.55 bits per heavy atom. The lowest BCUT2D eigenvalue weighted by Crippen LogP contribution is -2.42. The van der Waals surface area contributed by atoms with Crippen LogP contribution in [0.5, 0.6) is 0 Å². The van der Waals surface area contributed by atoms with E-state index in [1.165, 1.54) is 6.07 Å². The van der Waals surface area contributed by atoms with Crippen LogP contribution in [0.3, 0.4) is 0 Å². The van der Waals surface area contributed by atoms with Crippen molar-refractivity contribution >= 4 is 12.6 Å². The summed E-state index contributed by atoms with van der Waals surface area (Å²) in [5.74, 6) is 0. The molecule has 0 atom stereocenters. The molecule has 0 saturated heterocycles. The molecule has 1 rings (SSSR count). The van der Waals surface area contributed by atoms with Crippen LogP contribution < -0.4 is 11.0 Å². The van der Waals surface area contributed by atoms with Crippen LogP contribution in [0, 0.1) is 6.92 Å². The van der Waals surface area contributed by atoms with Gasteiger partial charge in [-0.1, -0.05) is 6.07 Å². The van der Waals surface area contributed by atoms with E-state index in [1.807, 2.05) is 0 Å². The standard InChI is InChI=1S/C6H8BNO3/c1-4-2-3-5(7(10)11)6(9)8-4/h2-3,10-11H,1H3,(H,8,9). The van der Waals surface area contributed by atoms with Crippen LogP contribution in [-0.4, -0.2) is 22.2 Å². The number of aryl methyl sites for hydroxylation is 1. The number of rotatable bonds is 1. The fraction of sp³-hybridized carbons (Fsp3) is 0.167. The molecule has 0 aliphatic carbocycles. The van der Waals surface area contributed by atoms with Crippen molar-refractivity contribution in [3.63, 3.8) is 0 Å². The van der Waals surface area contributed by atoms with Gasteiger partial charge in [0.15, 0.2) is 0 Å². The molecule has 11 heavy (non-hydrogen) atoms. The predicted octanol–water partition coefficient (Wildman–Crippen LogP) is -1.64. The third kappa shape index (κ3) is 1.69. The molecule has 1 aromatic heterocycles. The lowest BCUT2D eigenvalue weighted by molar-refractivity contribution is 0.425. The van der Waals surface area contributed by atoms with Crippen molar-refractivity contribution in [3.8, 4) is 0 Å². The maximum atomic E-state index is 10.9. The molecular weight excluding hydrogens is 145 g/mol. The Hall–Kier alpha value is -1.07. The van der Waals surface area contributed by atoms with Crippen molar-refractivity contribution in [2.75, 3.05) is 0 Å². The van der Waals surface area contributed by atoms with Gasteiger partial charge in [-0.05, 0) is 13.0 Å². The number of H-pyrrole nitrogens is 1. The molecule has 0 saturated carbocycles. The van der Waals surface area contributed by atoms with Crippen molar-refractivity contribution in [2.45, 2.75) is 6.92 Å². The topological polar surface area (TPSA) is 73.3 Å². The van der Waals surface area contributed by atoms with Crippen LogP contribution in [0.4, 0.5) is 0 Å². The summed E-state index contributed by atoms with van der Waals surface area (Å²) in [5, 5.41) is 17.3. The van der Waals surface area contributed by atoms with Crippen LogP contribution in [-0.2, 0) is 0 Å². The quantitative estimate of drug-likeness (QED) is 0.423. The summed E-state index contributed by atoms with van der Waals surface area (Å²) in [6, 6.07) is 3.00. The molecule has 0 aliphatic heterocycles. The van der Waals surface area contributed by atoms with Crippen molar-refractivity contribution in [3.05, 3.63) is 28.2 Å². The lowest BCUT2D eigenvalue weighted by Gasteiger charge is -1.97. The highest BCUT2D eigenvalue weighted by atomic mass is 16.4. The molecule has 0 bridgehead atoms. The Balaban J connectivity index is 3.21. The first-order chi connectivity index (χ1) is 5.11. The van der Waals surface area contributed by atoms with E-state index in [4.69, 9.17) is 10.0 Å². The second-order valence-corrected chi connectivity index (χ2v) is 2.30. The number of aromatic amines is 1. The molecule has 0 unspecified atom stereocenters. The largest absolute Gasteiger partial charge is 0.494 e. The maximum absolute atomic E-state index is 10.9. The zero-order valence-electron chi connectivity index (χ0n) is 6.03. The molecule has 0 amide bonds. The number of aromatic nitrogens is 1. The highest BCUT2D eigenvalue weighted by Gasteiger charge is 2.14. The van der Waals surface area contributed by atoms with Gasteiger partial charge in [0.25, 0.3) is 0 Å². The van der Waals surface area contributed by atoms with Gasteiger partial charge in [-0.15, -0.1) is 0 Å². The minimum atomic E-state index is -1.70. The Kier molecular flexibility index (Phi) is 2.12. The molecule has 1 heterocycles. The van der Waals surface area contributed by atoms with Crippen LogP contribution in [0.1, 0.15) is 5.69 Å². The number of nitrogens with one attached hydrogen (secondary N) is 1. The molecule has 5 heteroatoms. The number of hydrogen-bond donors (Lipinski definition) is 3. The molecule has 0 aliphatic rings. The van der Waals surface area contributed by atoms with Crippen LogP contribution >= 0.6 is 0 Å². The first kappa shape index (κ1) is 8.04. The SMILES string of the molecule is Cc1ccc(B(O)O)c(=O)[nH]1. The summed E-state index contributed by atoms with van der Waals surface area (Å²) in [5.41, 5.74) is 0.204. The fourth-order valence-corrected chi connectivity index (χ4v) is 0.787. The zero-order chi connectivity index (χ0) is 8.43. The molecule has 0 radical (unpaired) electrons. The third-order valence-electron chi connectivity index (χ3n) is 1.36. The fourth-order valence-electron chi connectivity index (χ4n) is 0.787. The summed E-state index contributed by atoms with van der Waals surface area (Å²) >= 11 is 0. The Morgan fingerprint density at radius 2 is 2.09 bits per heavy atom. The molecule has 58 valence electrons. The van der Waals surface area contributed by atoms with Crippen molar-refractivity contribution in [1.82, 2.24) is 4.98 Å². The molecule has 0 aromatic carbocycles. The molecule has 0 spiro atoms. The summed E-state index contributed by atoms with van der Waals surface area (Å²) in [6.45, 7) is 1.72. The van der Waals surface area contributed by atoms with E-state index in [-0.39, 0.29) is 5.46 Å². The summed E-state index contributed by atoms with van der Waals surface area (Å²) in [4.78, 5) is 13.4. The first-order valence-electron chi connectivity index (χ1n) is 3.17. The van der Waals surface area contributed by atoms with Gasteiger partial charge in [-0.2, -0.15) is 0 Å². The van der Waals surface area contributed by atoms with E-state index >= 15 is 0 Å². The van der Waals surface area contributed by atoms with Crippen LogP contribution in [0.2, 0.25) is 0 Å². The zero-order valence-corrected chi connectivity index (χ0v) is 6.03. The average molecular weight is 153 g/mol. The van der Waals surface area contributed by atoms with E-state index in [9.17, 15) is 4.79 Å². The Labute approximate surface area is 63.7 Å². The van der Waals surface area contributed by atoms with Gasteiger partial charge in [-0.25, -0.2) is 0 Å².